The van der Waals surface area contributed by atoms with Gasteiger partial charge in [0, 0.05) is 17.2 Å². The predicted octanol–water partition coefficient (Wildman–Crippen LogP) is 3.32. The van der Waals surface area contributed by atoms with Crippen LogP contribution in [0.1, 0.15) is 15.9 Å². The number of ether oxygens (including phenoxy) is 1. The maximum atomic E-state index is 13.7. The molecule has 1 amide bonds. The van der Waals surface area contributed by atoms with Crippen LogP contribution in [0.4, 0.5) is 4.39 Å². The Morgan fingerprint density at radius 3 is 2.62 bits per heavy atom. The molecular formula is C14H11Cl2FN2O2. The zero-order valence-corrected chi connectivity index (χ0v) is 12.2. The van der Waals surface area contributed by atoms with Crippen molar-refractivity contribution in [1.29, 1.82) is 0 Å². The number of amides is 1. The minimum absolute atomic E-state index is 0.0600. The van der Waals surface area contributed by atoms with Crippen molar-refractivity contribution < 1.29 is 13.9 Å². The second-order valence-electron chi connectivity index (χ2n) is 4.14. The van der Waals surface area contributed by atoms with E-state index in [2.05, 4.69) is 0 Å². The lowest BCUT2D eigenvalue weighted by atomic mass is 10.1. The Morgan fingerprint density at radius 1 is 1.19 bits per heavy atom. The van der Waals surface area contributed by atoms with Crippen molar-refractivity contribution in [3.8, 4) is 5.75 Å². The van der Waals surface area contributed by atoms with Crippen molar-refractivity contribution in [2.45, 2.75) is 6.61 Å². The second kappa shape index (κ2) is 6.76. The number of nitrogen functional groups attached to an aromatic ring is 1. The summed E-state index contributed by atoms with van der Waals surface area (Å²) in [7, 11) is 0. The zero-order chi connectivity index (χ0) is 15.4. The number of nitrogens with one attached hydrogen (secondary N) is 1. The minimum Gasteiger partial charge on any atom is -0.489 e. The van der Waals surface area contributed by atoms with Gasteiger partial charge in [0.25, 0.3) is 5.91 Å². The number of hydrogen-bond donors (Lipinski definition) is 2. The van der Waals surface area contributed by atoms with Crippen LogP contribution in [0.3, 0.4) is 0 Å². The van der Waals surface area contributed by atoms with E-state index in [1.807, 2.05) is 5.43 Å². The molecule has 0 fully saturated rings. The van der Waals surface area contributed by atoms with E-state index in [0.29, 0.717) is 15.8 Å². The number of rotatable bonds is 4. The van der Waals surface area contributed by atoms with Gasteiger partial charge in [-0.15, -0.1) is 0 Å². The van der Waals surface area contributed by atoms with Gasteiger partial charge in [0.15, 0.2) is 0 Å². The van der Waals surface area contributed by atoms with Crippen LogP contribution < -0.4 is 16.0 Å². The lowest BCUT2D eigenvalue weighted by Crippen LogP contribution is -2.30. The summed E-state index contributed by atoms with van der Waals surface area (Å²) in [5, 5.41) is 0.739. The monoisotopic (exact) mass is 328 g/mol. The Kier molecular flexibility index (Phi) is 5.01. The number of nitrogens with two attached hydrogens (primary N) is 1. The lowest BCUT2D eigenvalue weighted by molar-refractivity contribution is 0.0953. The number of halogens is 3. The van der Waals surface area contributed by atoms with Crippen molar-refractivity contribution in [1.82, 2.24) is 5.43 Å². The van der Waals surface area contributed by atoms with E-state index in [9.17, 15) is 9.18 Å². The Bertz CT molecular complexity index is 680. The van der Waals surface area contributed by atoms with Gasteiger partial charge in [-0.25, -0.2) is 10.2 Å². The van der Waals surface area contributed by atoms with Gasteiger partial charge in [0.05, 0.1) is 10.0 Å². The molecule has 0 spiro atoms. The van der Waals surface area contributed by atoms with E-state index < -0.39 is 11.7 Å². The molecule has 0 aliphatic heterocycles. The summed E-state index contributed by atoms with van der Waals surface area (Å²) < 4.78 is 19.1. The summed E-state index contributed by atoms with van der Waals surface area (Å²) in [4.78, 5) is 11.4. The average molecular weight is 329 g/mol. The Labute approximate surface area is 130 Å². The molecular weight excluding hydrogens is 318 g/mol. The van der Waals surface area contributed by atoms with E-state index >= 15 is 0 Å². The largest absolute Gasteiger partial charge is 0.489 e. The minimum atomic E-state index is -0.509. The third-order valence-corrected chi connectivity index (χ3v) is 3.46. The fourth-order valence-electron chi connectivity index (χ4n) is 1.64. The summed E-state index contributed by atoms with van der Waals surface area (Å²) in [6.45, 7) is -0.0600. The normalized spacial score (nSPS) is 10.3. The zero-order valence-electron chi connectivity index (χ0n) is 10.7. The first-order valence-corrected chi connectivity index (χ1v) is 6.64. The highest BCUT2D eigenvalue weighted by Gasteiger charge is 2.10. The highest BCUT2D eigenvalue weighted by molar-refractivity contribution is 6.42. The van der Waals surface area contributed by atoms with Crippen LogP contribution in [0.15, 0.2) is 36.4 Å². The molecule has 3 N–H and O–H groups in total. The van der Waals surface area contributed by atoms with Gasteiger partial charge >= 0.3 is 0 Å². The number of carbonyl (C=O) groups is 1. The van der Waals surface area contributed by atoms with E-state index in [0.717, 1.165) is 0 Å². The molecule has 110 valence electrons. The molecule has 0 saturated carbocycles. The summed E-state index contributed by atoms with van der Waals surface area (Å²) in [5.41, 5.74) is 2.45. The molecule has 0 radical (unpaired) electrons. The molecule has 0 aliphatic rings. The molecule has 0 aromatic heterocycles. The smallest absolute Gasteiger partial charge is 0.265 e. The van der Waals surface area contributed by atoms with Crippen molar-refractivity contribution >= 4 is 29.1 Å². The SMILES string of the molecule is NNC(=O)c1ccc(F)c(COc2ccc(Cl)c(Cl)c2)c1. The molecule has 21 heavy (non-hydrogen) atoms. The Hall–Kier alpha value is -1.82. The van der Waals surface area contributed by atoms with Crippen LogP contribution in [0.25, 0.3) is 0 Å². The maximum absolute atomic E-state index is 13.7. The predicted molar refractivity (Wildman–Crippen MR) is 78.8 cm³/mol. The molecule has 2 aromatic rings. The summed E-state index contributed by atoms with van der Waals surface area (Å²) >= 11 is 11.7. The van der Waals surface area contributed by atoms with Gasteiger partial charge in [0.2, 0.25) is 0 Å². The topological polar surface area (TPSA) is 64.3 Å². The molecule has 2 rings (SSSR count). The molecule has 0 atom stereocenters. The van der Waals surface area contributed by atoms with Gasteiger partial charge in [-0.1, -0.05) is 23.2 Å². The van der Waals surface area contributed by atoms with Crippen molar-refractivity contribution in [2.24, 2.45) is 5.84 Å². The van der Waals surface area contributed by atoms with Crippen LogP contribution in [-0.4, -0.2) is 5.91 Å². The van der Waals surface area contributed by atoms with E-state index in [4.69, 9.17) is 33.8 Å². The van der Waals surface area contributed by atoms with Gasteiger partial charge in [-0.3, -0.25) is 10.2 Å². The first-order chi connectivity index (χ1) is 10.0. The molecule has 0 unspecified atom stereocenters. The number of hydrazine groups is 1. The number of carbonyl (C=O) groups excluding carboxylic acids is 1. The van der Waals surface area contributed by atoms with E-state index in [1.54, 1.807) is 12.1 Å². The van der Waals surface area contributed by atoms with Gasteiger partial charge in [0.1, 0.15) is 18.2 Å². The molecule has 0 saturated heterocycles. The van der Waals surface area contributed by atoms with Crippen LogP contribution >= 0.6 is 23.2 Å². The van der Waals surface area contributed by atoms with Crippen molar-refractivity contribution in [2.75, 3.05) is 0 Å². The second-order valence-corrected chi connectivity index (χ2v) is 4.96. The van der Waals surface area contributed by atoms with Crippen LogP contribution in [-0.2, 0) is 6.61 Å². The lowest BCUT2D eigenvalue weighted by Gasteiger charge is -2.09. The molecule has 2 aromatic carbocycles. The summed E-state index contributed by atoms with van der Waals surface area (Å²) in [6.07, 6.45) is 0. The summed E-state index contributed by atoms with van der Waals surface area (Å²) in [5.74, 6) is 4.49. The van der Waals surface area contributed by atoms with Gasteiger partial charge < -0.3 is 4.74 Å². The van der Waals surface area contributed by atoms with Gasteiger partial charge in [-0.05, 0) is 30.3 Å². The standard InChI is InChI=1S/C14H11Cl2FN2O2/c15-11-3-2-10(6-12(11)16)21-7-9-5-8(14(20)19-18)1-4-13(9)17/h1-6H,7,18H2,(H,19,20). The first-order valence-electron chi connectivity index (χ1n) is 5.88. The molecule has 4 nitrogen and oxygen atoms in total. The fraction of sp³-hybridized carbons (Fsp3) is 0.0714. The molecule has 7 heteroatoms. The third kappa shape index (κ3) is 3.85. The quantitative estimate of drug-likeness (QED) is 0.514. The van der Waals surface area contributed by atoms with Gasteiger partial charge in [-0.2, -0.15) is 0 Å². The fourth-order valence-corrected chi connectivity index (χ4v) is 1.93. The molecule has 0 bridgehead atoms. The van der Waals surface area contributed by atoms with Crippen molar-refractivity contribution in [3.63, 3.8) is 0 Å². The highest BCUT2D eigenvalue weighted by atomic mass is 35.5. The van der Waals surface area contributed by atoms with Crippen molar-refractivity contribution in [3.05, 3.63) is 63.4 Å². The molecule has 0 aliphatic carbocycles. The summed E-state index contributed by atoms with van der Waals surface area (Å²) in [6, 6.07) is 8.60. The van der Waals surface area contributed by atoms with E-state index in [1.165, 1.54) is 24.3 Å². The number of benzene rings is 2. The van der Waals surface area contributed by atoms with E-state index in [-0.39, 0.29) is 17.7 Å². The first kappa shape index (κ1) is 15.6. The van der Waals surface area contributed by atoms with Crippen LogP contribution in [0, 0.1) is 5.82 Å². The third-order valence-electron chi connectivity index (χ3n) is 2.72. The van der Waals surface area contributed by atoms with Crippen LogP contribution in [0.5, 0.6) is 5.75 Å². The van der Waals surface area contributed by atoms with Crippen LogP contribution in [0.2, 0.25) is 10.0 Å². The highest BCUT2D eigenvalue weighted by Crippen LogP contribution is 2.27. The Balaban J connectivity index is 2.15. The molecule has 0 heterocycles. The Morgan fingerprint density at radius 2 is 1.95 bits per heavy atom. The average Bonchev–Trinajstić information content (AvgIpc) is 2.49. The number of hydrogen-bond acceptors (Lipinski definition) is 3. The maximum Gasteiger partial charge on any atom is 0.265 e.